The molecular weight excluding hydrogens is 281 g/mol. The van der Waals surface area contributed by atoms with Gasteiger partial charge in [0.1, 0.15) is 5.82 Å². The fraction of sp³-hybridized carbons (Fsp3) is 0.143. The molecule has 0 bridgehead atoms. The molecule has 0 spiro atoms. The molecule has 0 aliphatic rings. The maximum absolute atomic E-state index is 13.2. The first-order valence-corrected chi connectivity index (χ1v) is 6.10. The molecule has 2 aromatic rings. The molecule has 0 aromatic heterocycles. The minimum Gasteiger partial charge on any atom is -0.318 e. The third-order valence-corrected chi connectivity index (χ3v) is 3.34. The summed E-state index contributed by atoms with van der Waals surface area (Å²) >= 11 is 3.41. The summed E-state index contributed by atoms with van der Waals surface area (Å²) in [5.41, 5.74) is 7.31. The van der Waals surface area contributed by atoms with E-state index >= 15 is 0 Å². The zero-order chi connectivity index (χ0) is 12.5. The molecule has 17 heavy (non-hydrogen) atoms. The molecule has 1 atom stereocenters. The standard InChI is InChI=1S/C14H13BrFN/c1-14(17,10-4-2-6-12(15)8-10)11-5-3-7-13(16)9-11/h2-9H,17H2,1H3. The lowest BCUT2D eigenvalue weighted by atomic mass is 9.86. The largest absolute Gasteiger partial charge is 0.318 e. The van der Waals surface area contributed by atoms with Crippen LogP contribution in [-0.2, 0) is 5.54 Å². The normalized spacial score (nSPS) is 14.4. The lowest BCUT2D eigenvalue weighted by Crippen LogP contribution is -2.34. The third-order valence-electron chi connectivity index (χ3n) is 2.85. The van der Waals surface area contributed by atoms with E-state index in [1.807, 2.05) is 37.3 Å². The quantitative estimate of drug-likeness (QED) is 0.895. The molecule has 2 rings (SSSR count). The Hall–Kier alpha value is -1.19. The van der Waals surface area contributed by atoms with Crippen molar-refractivity contribution in [3.05, 3.63) is 69.9 Å². The van der Waals surface area contributed by atoms with E-state index in [-0.39, 0.29) is 5.82 Å². The van der Waals surface area contributed by atoms with Gasteiger partial charge in [-0.25, -0.2) is 4.39 Å². The molecular formula is C14H13BrFN. The van der Waals surface area contributed by atoms with Crippen molar-refractivity contribution in [3.8, 4) is 0 Å². The van der Waals surface area contributed by atoms with Crippen LogP contribution in [0.3, 0.4) is 0 Å². The van der Waals surface area contributed by atoms with Gasteiger partial charge < -0.3 is 5.73 Å². The summed E-state index contributed by atoms with van der Waals surface area (Å²) in [5.74, 6) is -0.269. The van der Waals surface area contributed by atoms with Gasteiger partial charge in [0.15, 0.2) is 0 Å². The van der Waals surface area contributed by atoms with Gasteiger partial charge >= 0.3 is 0 Å². The average molecular weight is 294 g/mol. The molecule has 0 saturated heterocycles. The van der Waals surface area contributed by atoms with Crippen molar-refractivity contribution in [1.29, 1.82) is 0 Å². The molecule has 0 aliphatic carbocycles. The number of hydrogen-bond acceptors (Lipinski definition) is 1. The van der Waals surface area contributed by atoms with E-state index in [1.165, 1.54) is 12.1 Å². The number of nitrogens with two attached hydrogens (primary N) is 1. The van der Waals surface area contributed by atoms with Crippen molar-refractivity contribution in [3.63, 3.8) is 0 Å². The molecule has 0 aliphatic heterocycles. The van der Waals surface area contributed by atoms with Crippen LogP contribution < -0.4 is 5.73 Å². The Kier molecular flexibility index (Phi) is 3.31. The number of hydrogen-bond donors (Lipinski definition) is 1. The van der Waals surface area contributed by atoms with Crippen molar-refractivity contribution in [2.45, 2.75) is 12.5 Å². The van der Waals surface area contributed by atoms with Gasteiger partial charge in [0.2, 0.25) is 0 Å². The van der Waals surface area contributed by atoms with E-state index in [9.17, 15) is 4.39 Å². The monoisotopic (exact) mass is 293 g/mol. The van der Waals surface area contributed by atoms with Crippen molar-refractivity contribution in [2.24, 2.45) is 5.73 Å². The van der Waals surface area contributed by atoms with E-state index in [0.29, 0.717) is 0 Å². The molecule has 1 unspecified atom stereocenters. The summed E-state index contributed by atoms with van der Waals surface area (Å²) in [7, 11) is 0. The van der Waals surface area contributed by atoms with Crippen LogP contribution in [0.4, 0.5) is 4.39 Å². The summed E-state index contributed by atoms with van der Waals surface area (Å²) in [6.45, 7) is 1.88. The van der Waals surface area contributed by atoms with Crippen LogP contribution in [0.1, 0.15) is 18.1 Å². The van der Waals surface area contributed by atoms with Crippen LogP contribution in [0, 0.1) is 5.82 Å². The predicted molar refractivity (Wildman–Crippen MR) is 71.2 cm³/mol. The van der Waals surface area contributed by atoms with Crippen LogP contribution >= 0.6 is 15.9 Å². The smallest absolute Gasteiger partial charge is 0.123 e. The van der Waals surface area contributed by atoms with E-state index in [1.54, 1.807) is 6.07 Å². The molecule has 0 radical (unpaired) electrons. The first-order chi connectivity index (χ1) is 8.00. The van der Waals surface area contributed by atoms with Crippen molar-refractivity contribution < 1.29 is 4.39 Å². The van der Waals surface area contributed by atoms with E-state index in [0.717, 1.165) is 15.6 Å². The van der Waals surface area contributed by atoms with Crippen molar-refractivity contribution >= 4 is 15.9 Å². The molecule has 0 fully saturated rings. The topological polar surface area (TPSA) is 26.0 Å². The number of halogens is 2. The van der Waals surface area contributed by atoms with Crippen LogP contribution in [0.5, 0.6) is 0 Å². The van der Waals surface area contributed by atoms with Crippen LogP contribution in [-0.4, -0.2) is 0 Å². The van der Waals surface area contributed by atoms with Gasteiger partial charge in [-0.2, -0.15) is 0 Å². The van der Waals surface area contributed by atoms with Crippen LogP contribution in [0.15, 0.2) is 53.0 Å². The molecule has 2 aromatic carbocycles. The summed E-state index contributed by atoms with van der Waals surface area (Å²) in [5, 5.41) is 0. The molecule has 0 amide bonds. The predicted octanol–water partition coefficient (Wildman–Crippen LogP) is 3.81. The first-order valence-electron chi connectivity index (χ1n) is 5.31. The van der Waals surface area contributed by atoms with E-state index in [4.69, 9.17) is 5.73 Å². The molecule has 0 saturated carbocycles. The second-order valence-electron chi connectivity index (χ2n) is 4.22. The van der Waals surface area contributed by atoms with Gasteiger partial charge in [0.25, 0.3) is 0 Å². The molecule has 1 nitrogen and oxygen atoms in total. The SMILES string of the molecule is CC(N)(c1cccc(F)c1)c1cccc(Br)c1. The highest BCUT2D eigenvalue weighted by molar-refractivity contribution is 9.10. The Labute approximate surface area is 109 Å². The van der Waals surface area contributed by atoms with E-state index < -0.39 is 5.54 Å². The average Bonchev–Trinajstić information content (AvgIpc) is 2.29. The third kappa shape index (κ3) is 2.56. The molecule has 2 N–H and O–H groups in total. The highest BCUT2D eigenvalue weighted by atomic mass is 79.9. The lowest BCUT2D eigenvalue weighted by Gasteiger charge is -2.26. The minimum atomic E-state index is -0.703. The first kappa shape index (κ1) is 12.3. The van der Waals surface area contributed by atoms with Gasteiger partial charge in [0.05, 0.1) is 5.54 Å². The lowest BCUT2D eigenvalue weighted by molar-refractivity contribution is 0.581. The van der Waals surface area contributed by atoms with Crippen molar-refractivity contribution in [2.75, 3.05) is 0 Å². The highest BCUT2D eigenvalue weighted by Gasteiger charge is 2.24. The van der Waals surface area contributed by atoms with Gasteiger partial charge in [0, 0.05) is 4.47 Å². The molecule has 3 heteroatoms. The van der Waals surface area contributed by atoms with Gasteiger partial charge in [-0.1, -0.05) is 40.2 Å². The summed E-state index contributed by atoms with van der Waals surface area (Å²) < 4.78 is 14.2. The zero-order valence-electron chi connectivity index (χ0n) is 9.45. The van der Waals surface area contributed by atoms with Crippen LogP contribution in [0.2, 0.25) is 0 Å². The summed E-state index contributed by atoms with van der Waals surface area (Å²) in [6.07, 6.45) is 0. The Balaban J connectivity index is 2.49. The molecule has 0 heterocycles. The fourth-order valence-corrected chi connectivity index (χ4v) is 2.19. The van der Waals surface area contributed by atoms with Gasteiger partial charge in [-0.3, -0.25) is 0 Å². The van der Waals surface area contributed by atoms with Gasteiger partial charge in [-0.05, 0) is 42.3 Å². The number of rotatable bonds is 2. The second-order valence-corrected chi connectivity index (χ2v) is 5.14. The Morgan fingerprint density at radius 2 is 1.65 bits per heavy atom. The van der Waals surface area contributed by atoms with Crippen molar-refractivity contribution in [1.82, 2.24) is 0 Å². The zero-order valence-corrected chi connectivity index (χ0v) is 11.0. The Bertz CT molecular complexity index is 490. The second kappa shape index (κ2) is 4.59. The Morgan fingerprint density at radius 3 is 2.24 bits per heavy atom. The van der Waals surface area contributed by atoms with Crippen LogP contribution in [0.25, 0.3) is 0 Å². The summed E-state index contributed by atoms with van der Waals surface area (Å²) in [6, 6.07) is 14.1. The minimum absolute atomic E-state index is 0.269. The maximum atomic E-state index is 13.2. The summed E-state index contributed by atoms with van der Waals surface area (Å²) in [4.78, 5) is 0. The molecule has 88 valence electrons. The number of benzene rings is 2. The van der Waals surface area contributed by atoms with Gasteiger partial charge in [-0.15, -0.1) is 0 Å². The Morgan fingerprint density at radius 1 is 1.06 bits per heavy atom. The highest BCUT2D eigenvalue weighted by Crippen LogP contribution is 2.28. The fourth-order valence-electron chi connectivity index (χ4n) is 1.79. The van der Waals surface area contributed by atoms with E-state index in [2.05, 4.69) is 15.9 Å². The maximum Gasteiger partial charge on any atom is 0.123 e.